The van der Waals surface area contributed by atoms with Crippen LogP contribution in [0.15, 0.2) is 29.3 Å². The van der Waals surface area contributed by atoms with Crippen LogP contribution in [-0.4, -0.2) is 49.1 Å². The molecule has 1 aromatic carbocycles. The summed E-state index contributed by atoms with van der Waals surface area (Å²) in [6, 6.07) is 11.4. The zero-order chi connectivity index (χ0) is 25.8. The fraction of sp³-hybridized carbons (Fsp3) is 0.500. The van der Waals surface area contributed by atoms with Crippen LogP contribution in [0.25, 0.3) is 0 Å². The third kappa shape index (κ3) is 4.53. The molecule has 1 N–H and O–H groups in total. The fourth-order valence-corrected chi connectivity index (χ4v) is 4.92. The van der Waals surface area contributed by atoms with Crippen molar-refractivity contribution in [3.63, 3.8) is 0 Å². The minimum Gasteiger partial charge on any atom is -0.490 e. The fourth-order valence-electron chi connectivity index (χ4n) is 4.92. The molecule has 9 nitrogen and oxygen atoms in total. The Bertz CT molecular complexity index is 1150. The number of hydrogen-bond donors (Lipinski definition) is 1. The highest BCUT2D eigenvalue weighted by molar-refractivity contribution is 6.11. The molecule has 1 heterocycles. The lowest BCUT2D eigenvalue weighted by Crippen LogP contribution is -2.51. The van der Waals surface area contributed by atoms with E-state index in [0.717, 1.165) is 0 Å². The molecule has 35 heavy (non-hydrogen) atoms. The predicted molar refractivity (Wildman–Crippen MR) is 127 cm³/mol. The van der Waals surface area contributed by atoms with Gasteiger partial charge in [0.2, 0.25) is 0 Å². The molecule has 1 aliphatic heterocycles. The van der Waals surface area contributed by atoms with Crippen LogP contribution in [0, 0.1) is 50.7 Å². The Morgan fingerprint density at radius 2 is 1.91 bits per heavy atom. The van der Waals surface area contributed by atoms with E-state index in [1.54, 1.807) is 25.1 Å². The topological polar surface area (TPSA) is 143 Å². The summed E-state index contributed by atoms with van der Waals surface area (Å²) in [5, 5.41) is 39.1. The van der Waals surface area contributed by atoms with E-state index in [1.165, 1.54) is 4.90 Å². The number of nitrogens with zero attached hydrogens (tertiary/aromatic N) is 4. The SMILES string of the molecule is CCOC(=O)N1CCC2=C(C#N)C(=N)C(C#N)(C#N)[C@H](c3ccc(OC(C)C)c(OCC)c3)[C@H]2C1. The van der Waals surface area contributed by atoms with Gasteiger partial charge in [0.05, 0.1) is 42.7 Å². The average molecular weight is 476 g/mol. The first-order valence-corrected chi connectivity index (χ1v) is 11.7. The van der Waals surface area contributed by atoms with E-state index in [-0.39, 0.29) is 30.5 Å². The number of hydrogen-bond acceptors (Lipinski definition) is 8. The largest absolute Gasteiger partial charge is 0.490 e. The van der Waals surface area contributed by atoms with Crippen molar-refractivity contribution in [1.29, 1.82) is 21.2 Å². The summed E-state index contributed by atoms with van der Waals surface area (Å²) in [7, 11) is 0. The Labute approximate surface area is 205 Å². The van der Waals surface area contributed by atoms with Gasteiger partial charge in [-0.2, -0.15) is 15.8 Å². The third-order valence-corrected chi connectivity index (χ3v) is 6.33. The number of allylic oxidation sites excluding steroid dienone is 1. The maximum absolute atomic E-state index is 12.5. The molecule has 0 saturated carbocycles. The van der Waals surface area contributed by atoms with Gasteiger partial charge in [0, 0.05) is 24.9 Å². The van der Waals surface area contributed by atoms with Crippen LogP contribution >= 0.6 is 0 Å². The summed E-state index contributed by atoms with van der Waals surface area (Å²) in [6.45, 7) is 8.45. The summed E-state index contributed by atoms with van der Waals surface area (Å²) in [4.78, 5) is 14.1. The number of carbonyl (C=O) groups excluding carboxylic acids is 1. The Morgan fingerprint density at radius 3 is 2.49 bits per heavy atom. The van der Waals surface area contributed by atoms with Gasteiger partial charge in [0.15, 0.2) is 16.9 Å². The van der Waals surface area contributed by atoms with Gasteiger partial charge in [0.1, 0.15) is 6.07 Å². The number of ether oxygens (including phenoxy) is 3. The molecular formula is C26H29N5O4. The minimum absolute atomic E-state index is 0.0580. The van der Waals surface area contributed by atoms with Gasteiger partial charge < -0.3 is 24.5 Å². The van der Waals surface area contributed by atoms with Gasteiger partial charge in [-0.15, -0.1) is 0 Å². The van der Waals surface area contributed by atoms with Crippen molar-refractivity contribution in [2.24, 2.45) is 11.3 Å². The lowest BCUT2D eigenvalue weighted by atomic mass is 9.56. The number of amides is 1. The molecule has 0 unspecified atom stereocenters. The number of carbonyl (C=O) groups is 1. The maximum atomic E-state index is 12.5. The van der Waals surface area contributed by atoms with Crippen LogP contribution in [0.3, 0.4) is 0 Å². The Morgan fingerprint density at radius 1 is 1.20 bits per heavy atom. The van der Waals surface area contributed by atoms with Crippen molar-refractivity contribution >= 4 is 11.8 Å². The number of fused-ring (bicyclic) bond motifs is 1. The Hall–Kier alpha value is -4.03. The van der Waals surface area contributed by atoms with Crippen LogP contribution < -0.4 is 9.47 Å². The van der Waals surface area contributed by atoms with Crippen molar-refractivity contribution in [3.05, 3.63) is 34.9 Å². The summed E-state index contributed by atoms with van der Waals surface area (Å²) in [5.41, 5.74) is -0.873. The molecule has 0 spiro atoms. The smallest absolute Gasteiger partial charge is 0.409 e. The molecule has 1 saturated heterocycles. The lowest BCUT2D eigenvalue weighted by Gasteiger charge is -2.46. The molecule has 3 rings (SSSR count). The number of likely N-dealkylation sites (tertiary alicyclic amines) is 1. The van der Waals surface area contributed by atoms with Crippen LogP contribution in [0.2, 0.25) is 0 Å². The van der Waals surface area contributed by atoms with Gasteiger partial charge in [-0.25, -0.2) is 4.79 Å². The van der Waals surface area contributed by atoms with E-state index in [4.69, 9.17) is 19.6 Å². The first-order valence-electron chi connectivity index (χ1n) is 11.7. The maximum Gasteiger partial charge on any atom is 0.409 e. The number of benzene rings is 1. The molecule has 1 aliphatic carbocycles. The van der Waals surface area contributed by atoms with Gasteiger partial charge in [0.25, 0.3) is 0 Å². The highest BCUT2D eigenvalue weighted by Crippen LogP contribution is 2.53. The minimum atomic E-state index is -1.92. The monoisotopic (exact) mass is 475 g/mol. The molecule has 9 heteroatoms. The predicted octanol–water partition coefficient (Wildman–Crippen LogP) is 4.32. The summed E-state index contributed by atoms with van der Waals surface area (Å²) < 4.78 is 16.9. The van der Waals surface area contributed by atoms with E-state index in [0.29, 0.717) is 42.2 Å². The summed E-state index contributed by atoms with van der Waals surface area (Å²) in [6.07, 6.45) is -0.227. The van der Waals surface area contributed by atoms with E-state index >= 15 is 0 Å². The highest BCUT2D eigenvalue weighted by Gasteiger charge is 2.56. The number of rotatable bonds is 6. The van der Waals surface area contributed by atoms with E-state index in [1.807, 2.05) is 20.8 Å². The van der Waals surface area contributed by atoms with E-state index in [2.05, 4.69) is 18.2 Å². The number of nitrogens with one attached hydrogen (secondary N) is 1. The molecular weight excluding hydrogens is 446 g/mol. The van der Waals surface area contributed by atoms with Gasteiger partial charge in [-0.1, -0.05) is 6.07 Å². The molecule has 0 aromatic heterocycles. The highest BCUT2D eigenvalue weighted by atomic mass is 16.6. The van der Waals surface area contributed by atoms with E-state index < -0.39 is 23.3 Å². The van der Waals surface area contributed by atoms with Crippen LogP contribution in [-0.2, 0) is 4.74 Å². The Kier molecular flexibility index (Phi) is 7.67. The van der Waals surface area contributed by atoms with Crippen molar-refractivity contribution in [3.8, 4) is 29.7 Å². The standard InChI is InChI=1S/C26H29N5O4/c1-5-33-22-11-17(7-8-21(22)35-16(3)4)23-20-13-31(25(32)34-6-2)10-9-18(20)19(12-27)24(30)26(23,14-28)15-29/h7-8,11,16,20,23,30H,5-6,9-10,13H2,1-4H3/t20-,23+/m0/s1. The third-order valence-electron chi connectivity index (χ3n) is 6.33. The average Bonchev–Trinajstić information content (AvgIpc) is 2.84. The first-order chi connectivity index (χ1) is 16.8. The van der Waals surface area contributed by atoms with Gasteiger partial charge >= 0.3 is 6.09 Å². The van der Waals surface area contributed by atoms with Gasteiger partial charge in [-0.05, 0) is 57.4 Å². The van der Waals surface area contributed by atoms with Crippen molar-refractivity contribution in [2.45, 2.75) is 46.1 Å². The zero-order valence-corrected chi connectivity index (χ0v) is 20.4. The second kappa shape index (κ2) is 10.5. The molecule has 2 atom stereocenters. The molecule has 0 bridgehead atoms. The van der Waals surface area contributed by atoms with E-state index in [9.17, 15) is 20.6 Å². The molecule has 0 radical (unpaired) electrons. The summed E-state index contributed by atoms with van der Waals surface area (Å²) in [5.74, 6) is -0.338. The van der Waals surface area contributed by atoms with Crippen LogP contribution in [0.5, 0.6) is 11.5 Å². The number of piperidine rings is 1. The quantitative estimate of drug-likeness (QED) is 0.645. The van der Waals surface area contributed by atoms with Crippen molar-refractivity contribution < 1.29 is 19.0 Å². The van der Waals surface area contributed by atoms with Crippen LogP contribution in [0.4, 0.5) is 4.79 Å². The van der Waals surface area contributed by atoms with Crippen molar-refractivity contribution in [1.82, 2.24) is 4.90 Å². The number of nitriles is 3. The molecule has 1 aromatic rings. The van der Waals surface area contributed by atoms with Crippen molar-refractivity contribution in [2.75, 3.05) is 26.3 Å². The van der Waals surface area contributed by atoms with Crippen LogP contribution in [0.1, 0.15) is 45.6 Å². The first kappa shape index (κ1) is 25.6. The summed E-state index contributed by atoms with van der Waals surface area (Å²) >= 11 is 0. The second-order valence-corrected chi connectivity index (χ2v) is 8.70. The van der Waals surface area contributed by atoms with Gasteiger partial charge in [-0.3, -0.25) is 0 Å². The second-order valence-electron chi connectivity index (χ2n) is 8.70. The molecule has 1 amide bonds. The zero-order valence-electron chi connectivity index (χ0n) is 20.4. The molecule has 1 fully saturated rings. The normalized spacial score (nSPS) is 20.9. The molecule has 182 valence electrons. The Balaban J connectivity index is 2.22. The molecule has 2 aliphatic rings. The lowest BCUT2D eigenvalue weighted by molar-refractivity contribution is 0.0917.